The first-order chi connectivity index (χ1) is 25.6. The number of carbonyl (C=O) groups excluding carboxylic acids is 9. The minimum absolute atomic E-state index is 0.402. The zero-order valence-corrected chi connectivity index (χ0v) is 32.8. The highest BCUT2D eigenvalue weighted by atomic mass is 32.2. The maximum atomic E-state index is 13.9. The quantitative estimate of drug-likeness (QED) is 0.151. The van der Waals surface area contributed by atoms with Crippen LogP contribution in [0.25, 0.3) is 0 Å². The number of amides is 1. The molecule has 0 bridgehead atoms. The molecule has 21 nitrogen and oxygen atoms in total. The molecule has 2 aliphatic heterocycles. The van der Waals surface area contributed by atoms with Gasteiger partial charge in [0.05, 0.1) is 13.2 Å². The van der Waals surface area contributed by atoms with E-state index in [1.165, 1.54) is 7.11 Å². The summed E-state index contributed by atoms with van der Waals surface area (Å²) in [5.41, 5.74) is 0. The minimum atomic E-state index is -2.27. The van der Waals surface area contributed by atoms with Gasteiger partial charge >= 0.3 is 47.8 Å². The monoisotopic (exact) mass is 809 g/mol. The lowest BCUT2D eigenvalue weighted by Gasteiger charge is -2.49. The van der Waals surface area contributed by atoms with Gasteiger partial charge in [-0.05, 0) is 0 Å². The van der Waals surface area contributed by atoms with E-state index in [-0.39, 0.29) is 0 Å². The third kappa shape index (κ3) is 13.6. The number of carbonyl (C=O) groups is 9. The maximum absolute atomic E-state index is 13.9. The number of hydrogen-bond donors (Lipinski definition) is 1. The Morgan fingerprint density at radius 1 is 0.709 bits per heavy atom. The molecule has 2 aliphatic rings. The van der Waals surface area contributed by atoms with Gasteiger partial charge in [0.15, 0.2) is 36.8 Å². The Kier molecular flexibility index (Phi) is 17.8. The van der Waals surface area contributed by atoms with Crippen molar-refractivity contribution in [2.75, 3.05) is 26.6 Å². The van der Waals surface area contributed by atoms with Crippen molar-refractivity contribution in [1.82, 2.24) is 5.32 Å². The predicted octanol–water partition coefficient (Wildman–Crippen LogP) is -0.593. The predicted molar refractivity (Wildman–Crippen MR) is 180 cm³/mol. The van der Waals surface area contributed by atoms with Gasteiger partial charge in [0.2, 0.25) is 10.8 Å². The molecule has 1 amide bonds. The SMILES string of the molecule is COC(=O)[C@@]1(SC[C@H]2O[C@@H](OC)[C@H](OC(C)=O)[C@@H](OC(C)=O)[C@H]2OC(C)=O)C[C@H](OC(C)=O)[C@@H](NC(C)=O)[C@H]([C@H](OC(C)=O)[C@@H](COC(C)=O)OC(C)=O)O1. The van der Waals surface area contributed by atoms with E-state index in [4.69, 9.17) is 52.1 Å². The zero-order valence-electron chi connectivity index (χ0n) is 32.0. The molecule has 55 heavy (non-hydrogen) atoms. The van der Waals surface area contributed by atoms with Crippen LogP contribution >= 0.6 is 11.8 Å². The number of nitrogens with one attached hydrogen (secondary N) is 1. The van der Waals surface area contributed by atoms with Crippen molar-refractivity contribution in [3.63, 3.8) is 0 Å². The largest absolute Gasteiger partial charge is 0.466 e. The van der Waals surface area contributed by atoms with Crippen LogP contribution < -0.4 is 5.32 Å². The Morgan fingerprint density at radius 2 is 1.25 bits per heavy atom. The van der Waals surface area contributed by atoms with Gasteiger partial charge in [-0.1, -0.05) is 0 Å². The van der Waals surface area contributed by atoms with E-state index in [9.17, 15) is 43.2 Å². The zero-order chi connectivity index (χ0) is 41.8. The molecule has 11 atom stereocenters. The average molecular weight is 810 g/mol. The van der Waals surface area contributed by atoms with Crippen LogP contribution in [0, 0.1) is 0 Å². The normalized spacial score (nSPS) is 28.5. The number of rotatable bonds is 16. The van der Waals surface area contributed by atoms with Crippen molar-refractivity contribution in [3.05, 3.63) is 0 Å². The highest BCUT2D eigenvalue weighted by Gasteiger charge is 2.60. The van der Waals surface area contributed by atoms with E-state index in [1.807, 2.05) is 0 Å². The van der Waals surface area contributed by atoms with E-state index in [0.717, 1.165) is 62.5 Å². The van der Waals surface area contributed by atoms with Gasteiger partial charge in [-0.25, -0.2) is 4.79 Å². The van der Waals surface area contributed by atoms with Gasteiger partial charge in [-0.15, -0.1) is 11.8 Å². The highest BCUT2D eigenvalue weighted by molar-refractivity contribution is 8.01. The molecule has 0 unspecified atom stereocenters. The molecule has 0 radical (unpaired) electrons. The van der Waals surface area contributed by atoms with Crippen molar-refractivity contribution in [1.29, 1.82) is 0 Å². The van der Waals surface area contributed by atoms with Crippen LogP contribution in [0.3, 0.4) is 0 Å². The van der Waals surface area contributed by atoms with Gasteiger partial charge in [0, 0.05) is 74.7 Å². The second-order valence-corrected chi connectivity index (χ2v) is 13.5. The van der Waals surface area contributed by atoms with Crippen LogP contribution in [0.1, 0.15) is 61.8 Å². The summed E-state index contributed by atoms with van der Waals surface area (Å²) >= 11 is 0.645. The fourth-order valence-electron chi connectivity index (χ4n) is 5.94. The topological polar surface area (TPSA) is 267 Å². The molecule has 2 heterocycles. The summed E-state index contributed by atoms with van der Waals surface area (Å²) in [6, 6.07) is -1.42. The molecule has 2 saturated heterocycles. The van der Waals surface area contributed by atoms with Crippen LogP contribution in [0.2, 0.25) is 0 Å². The molecule has 0 aromatic rings. The molecule has 1 N–H and O–H groups in total. The van der Waals surface area contributed by atoms with Crippen molar-refractivity contribution >= 4 is 65.4 Å². The van der Waals surface area contributed by atoms with Crippen molar-refractivity contribution in [3.8, 4) is 0 Å². The molecule has 2 rings (SSSR count). The molecule has 310 valence electrons. The molecule has 0 saturated carbocycles. The van der Waals surface area contributed by atoms with E-state index >= 15 is 0 Å². The average Bonchev–Trinajstić information content (AvgIpc) is 3.05. The number of esters is 8. The number of methoxy groups -OCH3 is 2. The Hall–Kier alpha value is -4.54. The molecule has 0 aromatic heterocycles. The van der Waals surface area contributed by atoms with Gasteiger partial charge in [-0.2, -0.15) is 0 Å². The summed E-state index contributed by atoms with van der Waals surface area (Å²) in [5.74, 6) is -8.31. The van der Waals surface area contributed by atoms with Crippen LogP contribution in [0.4, 0.5) is 0 Å². The van der Waals surface area contributed by atoms with Crippen LogP contribution in [0.15, 0.2) is 0 Å². The highest BCUT2D eigenvalue weighted by Crippen LogP contribution is 2.44. The van der Waals surface area contributed by atoms with Crippen LogP contribution in [-0.4, -0.2) is 146 Å². The standard InChI is InChI=1S/C33H47NO20S/c1-14(35)34-25-22(47-16(3)37)11-33(32(43)45-10,54-28(25)26(49-18(5)39)23(48-17(4)38)12-46-15(2)36)55-13-24-27(50-19(6)40)29(51-20(7)41)30(52-21(8)42)31(44-9)53-24/h22-31H,11-13H2,1-10H3,(H,34,35)/t22-,23+,24+,25+,26+,27-,28+,29-,30+,31+,33-/m0/s1. The lowest BCUT2D eigenvalue weighted by molar-refractivity contribution is -0.294. The Bertz CT molecular complexity index is 1460. The first-order valence-corrected chi connectivity index (χ1v) is 17.6. The van der Waals surface area contributed by atoms with Gasteiger partial charge in [0.1, 0.15) is 24.9 Å². The number of hydrogen-bond acceptors (Lipinski definition) is 21. The maximum Gasteiger partial charge on any atom is 0.348 e. The van der Waals surface area contributed by atoms with E-state index < -0.39 is 139 Å². The summed E-state index contributed by atoms with van der Waals surface area (Å²) in [6.45, 7) is 7.73. The molecule has 22 heteroatoms. The van der Waals surface area contributed by atoms with Crippen molar-refractivity contribution < 1.29 is 95.3 Å². The van der Waals surface area contributed by atoms with Gasteiger partial charge in [0.25, 0.3) is 0 Å². The molecule has 0 aliphatic carbocycles. The number of ether oxygens (including phenoxy) is 11. The third-order valence-electron chi connectivity index (χ3n) is 7.71. The molecule has 2 fully saturated rings. The molecular formula is C33H47NO20S. The fourth-order valence-corrected chi connectivity index (χ4v) is 7.31. The van der Waals surface area contributed by atoms with Gasteiger partial charge < -0.3 is 57.4 Å². The van der Waals surface area contributed by atoms with Crippen molar-refractivity contribution in [2.45, 2.75) is 128 Å². The summed E-state index contributed by atoms with van der Waals surface area (Å²) in [4.78, 5) is 110. The van der Waals surface area contributed by atoms with Crippen LogP contribution in [-0.2, 0) is 95.3 Å². The van der Waals surface area contributed by atoms with Crippen molar-refractivity contribution in [2.24, 2.45) is 0 Å². The lowest BCUT2D eigenvalue weighted by Crippen LogP contribution is -2.68. The third-order valence-corrected chi connectivity index (χ3v) is 9.10. The summed E-state index contributed by atoms with van der Waals surface area (Å²) < 4.78 is 60.9. The Balaban J connectivity index is 2.82. The van der Waals surface area contributed by atoms with E-state index in [2.05, 4.69) is 5.32 Å². The fraction of sp³-hybridized carbons (Fsp3) is 0.727. The minimum Gasteiger partial charge on any atom is -0.466 e. The smallest absolute Gasteiger partial charge is 0.348 e. The molecular weight excluding hydrogens is 762 g/mol. The van der Waals surface area contributed by atoms with Gasteiger partial charge in [-0.3, -0.25) is 38.4 Å². The van der Waals surface area contributed by atoms with E-state index in [1.54, 1.807) is 0 Å². The second-order valence-electron chi connectivity index (χ2n) is 12.2. The molecule has 0 spiro atoms. The Labute approximate surface area is 320 Å². The first-order valence-electron chi connectivity index (χ1n) is 16.7. The summed E-state index contributed by atoms with van der Waals surface area (Å²) in [5, 5.41) is 2.57. The van der Waals surface area contributed by atoms with E-state index in [0.29, 0.717) is 11.8 Å². The second kappa shape index (κ2) is 20.9. The molecule has 0 aromatic carbocycles. The summed E-state index contributed by atoms with van der Waals surface area (Å²) in [6.07, 6.45) is -14.3. The first kappa shape index (κ1) is 46.6. The lowest BCUT2D eigenvalue weighted by atomic mass is 9.89. The van der Waals surface area contributed by atoms with Crippen LogP contribution in [0.5, 0.6) is 0 Å². The summed E-state index contributed by atoms with van der Waals surface area (Å²) in [7, 11) is 2.21. The Morgan fingerprint density at radius 3 is 1.73 bits per heavy atom. The number of thioether (sulfide) groups is 1.